The first-order valence-electron chi connectivity index (χ1n) is 17.3. The van der Waals surface area contributed by atoms with Crippen LogP contribution in [0.1, 0.15) is 78.6 Å². The van der Waals surface area contributed by atoms with Crippen molar-refractivity contribution in [1.29, 1.82) is 0 Å². The summed E-state index contributed by atoms with van der Waals surface area (Å²) in [4.78, 5) is 12.1. The highest BCUT2D eigenvalue weighted by molar-refractivity contribution is 6.70. The summed E-state index contributed by atoms with van der Waals surface area (Å²) in [5, 5.41) is 0. The lowest BCUT2D eigenvalue weighted by molar-refractivity contribution is -0.199. The van der Waals surface area contributed by atoms with Gasteiger partial charge in [0.1, 0.15) is 0 Å². The van der Waals surface area contributed by atoms with E-state index in [0.717, 1.165) is 6.42 Å². The normalized spacial score (nSPS) is 41.5. The molecular weight excluding hydrogens is 573 g/mol. The van der Waals surface area contributed by atoms with Gasteiger partial charge in [0.15, 0.2) is 25.0 Å². The predicted octanol–water partition coefficient (Wildman–Crippen LogP) is 9.11. The van der Waals surface area contributed by atoms with Gasteiger partial charge >= 0.3 is 5.97 Å². The van der Waals surface area contributed by atoms with E-state index in [-0.39, 0.29) is 17.5 Å². The van der Waals surface area contributed by atoms with Crippen LogP contribution in [0, 0.1) is 46.3 Å². The van der Waals surface area contributed by atoms with Gasteiger partial charge in [0, 0.05) is 18.6 Å². The summed E-state index contributed by atoms with van der Waals surface area (Å²) in [5.74, 6) is 3.45. The summed E-state index contributed by atoms with van der Waals surface area (Å²) in [7, 11) is -3.61. The zero-order valence-electron chi connectivity index (χ0n) is 29.6. The molecule has 6 unspecified atom stereocenters. The van der Waals surface area contributed by atoms with Gasteiger partial charge in [0.25, 0.3) is 0 Å². The molecular formula is C34H66O5Si3. The zero-order valence-corrected chi connectivity index (χ0v) is 32.6. The predicted molar refractivity (Wildman–Crippen MR) is 181 cm³/mol. The minimum absolute atomic E-state index is 0.0799. The van der Waals surface area contributed by atoms with E-state index in [1.807, 2.05) is 0 Å². The molecule has 0 bridgehead atoms. The number of esters is 1. The first-order chi connectivity index (χ1) is 19.2. The number of rotatable bonds is 10. The SMILES string of the molecule is COC(=O)CC[C@@H](C)C1CCC2C3C(O[Si](C)(C)C)CC4C[C@H](O[Si](C)(C)C)CC[C@]4(C)C3C[C@H](O[Si](C)(C)C)[C@@]21C. The van der Waals surface area contributed by atoms with E-state index < -0.39 is 25.0 Å². The number of fused-ring (bicyclic) bond motifs is 5. The summed E-state index contributed by atoms with van der Waals surface area (Å²) in [6, 6.07) is 0. The molecule has 42 heavy (non-hydrogen) atoms. The molecule has 4 aliphatic carbocycles. The second kappa shape index (κ2) is 12.3. The van der Waals surface area contributed by atoms with E-state index in [9.17, 15) is 4.79 Å². The molecule has 4 aliphatic rings. The number of hydrogen-bond acceptors (Lipinski definition) is 5. The van der Waals surface area contributed by atoms with Crippen molar-refractivity contribution >= 4 is 30.9 Å². The Balaban J connectivity index is 1.72. The third-order valence-corrected chi connectivity index (χ3v) is 15.0. The maximum absolute atomic E-state index is 12.1. The van der Waals surface area contributed by atoms with Crippen LogP contribution in [0.4, 0.5) is 0 Å². The van der Waals surface area contributed by atoms with E-state index in [2.05, 4.69) is 79.7 Å². The van der Waals surface area contributed by atoms with Crippen LogP contribution in [-0.2, 0) is 22.8 Å². The fourth-order valence-corrected chi connectivity index (χ4v) is 14.1. The lowest BCUT2D eigenvalue weighted by Gasteiger charge is -2.66. The molecule has 4 fully saturated rings. The number of carbonyl (C=O) groups is 1. The Kier molecular flexibility index (Phi) is 10.2. The van der Waals surface area contributed by atoms with E-state index in [0.29, 0.717) is 59.6 Å². The van der Waals surface area contributed by atoms with Gasteiger partial charge in [0.2, 0.25) is 0 Å². The molecule has 4 saturated carbocycles. The Bertz CT molecular complexity index is 954. The molecule has 244 valence electrons. The molecule has 0 spiro atoms. The third-order valence-electron chi connectivity index (χ3n) is 12.0. The molecule has 0 aromatic rings. The first-order valence-corrected chi connectivity index (χ1v) is 27.5. The summed E-state index contributed by atoms with van der Waals surface area (Å²) >= 11 is 0. The molecule has 4 rings (SSSR count). The van der Waals surface area contributed by atoms with Gasteiger partial charge in [-0.25, -0.2) is 0 Å². The van der Waals surface area contributed by atoms with Crippen LogP contribution in [0.15, 0.2) is 0 Å². The highest BCUT2D eigenvalue weighted by Gasteiger charge is 2.67. The van der Waals surface area contributed by atoms with Gasteiger partial charge in [-0.3, -0.25) is 4.79 Å². The van der Waals surface area contributed by atoms with Crippen LogP contribution in [-0.4, -0.2) is 56.3 Å². The van der Waals surface area contributed by atoms with Crippen LogP contribution in [0.25, 0.3) is 0 Å². The summed E-state index contributed by atoms with van der Waals surface area (Å²) < 4.78 is 26.4. The van der Waals surface area contributed by atoms with Gasteiger partial charge < -0.3 is 18.0 Å². The van der Waals surface area contributed by atoms with Crippen molar-refractivity contribution in [2.45, 2.75) is 156 Å². The van der Waals surface area contributed by atoms with E-state index in [1.54, 1.807) is 0 Å². The third kappa shape index (κ3) is 7.35. The van der Waals surface area contributed by atoms with Crippen molar-refractivity contribution in [2.24, 2.45) is 46.3 Å². The number of ether oxygens (including phenoxy) is 1. The highest BCUT2D eigenvalue weighted by atomic mass is 28.4. The van der Waals surface area contributed by atoms with Gasteiger partial charge in [-0.1, -0.05) is 20.8 Å². The van der Waals surface area contributed by atoms with Crippen LogP contribution < -0.4 is 0 Å². The average Bonchev–Trinajstić information content (AvgIpc) is 3.19. The number of hydrogen-bond donors (Lipinski definition) is 0. The maximum atomic E-state index is 12.1. The van der Waals surface area contributed by atoms with Crippen molar-refractivity contribution < 1.29 is 22.8 Å². The van der Waals surface area contributed by atoms with Crippen LogP contribution >= 0.6 is 0 Å². The smallest absolute Gasteiger partial charge is 0.305 e. The standard InChI is InChI=1S/C34H66O5Si3/c1-23(14-17-31(35)36-4)26-15-16-27-32-28(22-30(34(26,27)3)39-42(11,12)13)33(2)19-18-25(37-40(5,6)7)20-24(33)21-29(32)38-41(8,9)10/h23-30,32H,14-22H2,1-13H3/t23-,24?,25-,26?,27?,28?,29?,30+,32?,33+,34-/m1/s1. The van der Waals surface area contributed by atoms with Crippen LogP contribution in [0.3, 0.4) is 0 Å². The summed E-state index contributed by atoms with van der Waals surface area (Å²) in [5.41, 5.74) is 0.430. The Morgan fingerprint density at radius 1 is 0.810 bits per heavy atom. The molecule has 11 atom stereocenters. The maximum Gasteiger partial charge on any atom is 0.305 e. The molecule has 8 heteroatoms. The fourth-order valence-electron chi connectivity index (χ4n) is 10.5. The number of methoxy groups -OCH3 is 1. The molecule has 0 aromatic heterocycles. The molecule has 0 N–H and O–H groups in total. The lowest BCUT2D eigenvalue weighted by atomic mass is 9.43. The fraction of sp³-hybridized carbons (Fsp3) is 0.971. The van der Waals surface area contributed by atoms with E-state index in [4.69, 9.17) is 18.0 Å². The molecule has 5 nitrogen and oxygen atoms in total. The second-order valence-electron chi connectivity index (χ2n) is 18.2. The van der Waals surface area contributed by atoms with Gasteiger partial charge in [-0.15, -0.1) is 0 Å². The zero-order chi connectivity index (χ0) is 31.5. The minimum Gasteiger partial charge on any atom is -0.469 e. The van der Waals surface area contributed by atoms with Crippen molar-refractivity contribution in [3.05, 3.63) is 0 Å². The monoisotopic (exact) mass is 638 g/mol. The highest BCUT2D eigenvalue weighted by Crippen LogP contribution is 2.69. The Hall–Kier alpha value is 0.000649. The van der Waals surface area contributed by atoms with Crippen LogP contribution in [0.5, 0.6) is 0 Å². The Labute approximate surface area is 262 Å². The van der Waals surface area contributed by atoms with Crippen molar-refractivity contribution in [1.82, 2.24) is 0 Å². The minimum atomic E-state index is -1.79. The molecule has 0 saturated heterocycles. The van der Waals surface area contributed by atoms with Crippen molar-refractivity contribution in [2.75, 3.05) is 7.11 Å². The Morgan fingerprint density at radius 2 is 1.43 bits per heavy atom. The molecule has 0 aliphatic heterocycles. The molecule has 0 amide bonds. The largest absolute Gasteiger partial charge is 0.469 e. The lowest BCUT2D eigenvalue weighted by Crippen LogP contribution is -2.64. The van der Waals surface area contributed by atoms with Crippen molar-refractivity contribution in [3.8, 4) is 0 Å². The molecule has 0 heterocycles. The van der Waals surface area contributed by atoms with Crippen molar-refractivity contribution in [3.63, 3.8) is 0 Å². The summed E-state index contributed by atoms with van der Waals surface area (Å²) in [6.07, 6.45) is 11.0. The van der Waals surface area contributed by atoms with E-state index in [1.165, 1.54) is 52.1 Å². The van der Waals surface area contributed by atoms with Gasteiger partial charge in [0.05, 0.1) is 13.2 Å². The average molecular weight is 639 g/mol. The van der Waals surface area contributed by atoms with E-state index >= 15 is 0 Å². The number of carbonyl (C=O) groups excluding carboxylic acids is 1. The topological polar surface area (TPSA) is 54.0 Å². The Morgan fingerprint density at radius 3 is 2.00 bits per heavy atom. The quantitative estimate of drug-likeness (QED) is 0.176. The van der Waals surface area contributed by atoms with Gasteiger partial charge in [-0.05, 0) is 157 Å². The molecule has 0 aromatic carbocycles. The van der Waals surface area contributed by atoms with Crippen LogP contribution in [0.2, 0.25) is 58.9 Å². The molecule has 0 radical (unpaired) electrons. The second-order valence-corrected chi connectivity index (χ2v) is 31.6. The van der Waals surface area contributed by atoms with Gasteiger partial charge in [-0.2, -0.15) is 0 Å². The first kappa shape index (κ1) is 34.9. The summed E-state index contributed by atoms with van der Waals surface area (Å²) in [6.45, 7) is 29.0.